The Morgan fingerprint density at radius 3 is 1.32 bits per heavy atom. The Morgan fingerprint density at radius 2 is 0.845 bits per heavy atom. The number of morpholine rings is 1. The molecule has 0 bridgehead atoms. The second-order valence-electron chi connectivity index (χ2n) is 25.9. The summed E-state index contributed by atoms with van der Waals surface area (Å²) in [7, 11) is 0. The maximum Gasteiger partial charge on any atom is 0.0702 e. The number of nitrogens with one attached hydrogen (secondary N) is 6. The predicted octanol–water partition coefficient (Wildman–Crippen LogP) is 13.7. The number of thioether (sulfide) groups is 1. The van der Waals surface area contributed by atoms with E-state index in [9.17, 15) is 0 Å². The lowest BCUT2D eigenvalue weighted by molar-refractivity contribution is 0.0163. The lowest BCUT2D eigenvalue weighted by Gasteiger charge is -2.27. The van der Waals surface area contributed by atoms with E-state index in [-0.39, 0.29) is 7.43 Å². The second-order valence-corrected chi connectivity index (χ2v) is 27.3. The van der Waals surface area contributed by atoms with E-state index in [1.807, 2.05) is 0 Å². The summed E-state index contributed by atoms with van der Waals surface area (Å²) in [4.78, 5) is 0. The highest BCUT2D eigenvalue weighted by atomic mass is 32.2. The van der Waals surface area contributed by atoms with Gasteiger partial charge in [0.2, 0.25) is 0 Å². The molecule has 0 aromatic carbocycles. The van der Waals surface area contributed by atoms with E-state index in [4.69, 9.17) is 10.5 Å². The number of rotatable bonds is 13. The van der Waals surface area contributed by atoms with Crippen LogP contribution in [0.1, 0.15) is 220 Å². The molecule has 6 heterocycles. The molecule has 71 heavy (non-hydrogen) atoms. The minimum Gasteiger partial charge on any atom is -0.376 e. The molecule has 0 aromatic heterocycles. The van der Waals surface area contributed by atoms with Crippen LogP contribution in [-0.4, -0.2) is 108 Å². The van der Waals surface area contributed by atoms with Gasteiger partial charge in [0.15, 0.2) is 0 Å². The van der Waals surface area contributed by atoms with Crippen LogP contribution >= 0.6 is 11.8 Å². The third-order valence-electron chi connectivity index (χ3n) is 15.2. The van der Waals surface area contributed by atoms with Crippen LogP contribution in [-0.2, 0) is 4.74 Å². The van der Waals surface area contributed by atoms with Gasteiger partial charge in [0, 0.05) is 43.2 Å². The van der Waals surface area contributed by atoms with Gasteiger partial charge in [-0.1, -0.05) is 104 Å². The smallest absolute Gasteiger partial charge is 0.0702 e. The summed E-state index contributed by atoms with van der Waals surface area (Å²) in [5.41, 5.74) is 5.83. The van der Waals surface area contributed by atoms with E-state index < -0.39 is 0 Å². The van der Waals surface area contributed by atoms with Crippen LogP contribution in [0.2, 0.25) is 0 Å². The fourth-order valence-corrected chi connectivity index (χ4v) is 12.9. The van der Waals surface area contributed by atoms with Crippen molar-refractivity contribution >= 4 is 11.8 Å². The topological polar surface area (TPSA) is 107 Å². The van der Waals surface area contributed by atoms with Crippen LogP contribution in [0.5, 0.6) is 0 Å². The first-order chi connectivity index (χ1) is 33.4. The number of nitrogens with two attached hydrogens (primary N) is 1. The van der Waals surface area contributed by atoms with Crippen LogP contribution in [0.4, 0.5) is 0 Å². The Bertz CT molecular complexity index is 981. The summed E-state index contributed by atoms with van der Waals surface area (Å²) in [6.07, 6.45) is 25.2. The monoisotopic (exact) mass is 1020 g/mol. The van der Waals surface area contributed by atoms with Crippen molar-refractivity contribution in [3.8, 4) is 0 Å². The molecule has 7 rings (SSSR count). The molecule has 0 amide bonds. The van der Waals surface area contributed by atoms with Gasteiger partial charge in [-0.05, 0) is 239 Å². The van der Waals surface area contributed by atoms with Crippen molar-refractivity contribution in [2.45, 2.75) is 237 Å². The van der Waals surface area contributed by atoms with E-state index >= 15 is 0 Å². The van der Waals surface area contributed by atoms with Gasteiger partial charge >= 0.3 is 0 Å². The molecule has 0 radical (unpaired) electrons. The Hall–Kier alpha value is 0.0300. The summed E-state index contributed by atoms with van der Waals surface area (Å²) in [6, 6.07) is 0.512. The molecule has 8 N–H and O–H groups in total. The highest BCUT2D eigenvalue weighted by Gasteiger charge is 2.20. The molecular weight excluding hydrogens is 891 g/mol. The maximum atomic E-state index is 5.83. The Balaban J connectivity index is 0.000000804. The summed E-state index contributed by atoms with van der Waals surface area (Å²) in [6.45, 7) is 47.6. The third-order valence-corrected chi connectivity index (χ3v) is 16.4. The van der Waals surface area contributed by atoms with Crippen LogP contribution in [0.25, 0.3) is 0 Å². The highest BCUT2D eigenvalue weighted by molar-refractivity contribution is 8.00. The fraction of sp³-hybridized carbons (Fsp3) is 1.00. The van der Waals surface area contributed by atoms with Crippen molar-refractivity contribution in [1.82, 2.24) is 31.9 Å². The molecule has 0 spiro atoms. The van der Waals surface area contributed by atoms with Gasteiger partial charge in [-0.15, -0.1) is 0 Å². The quantitative estimate of drug-likeness (QED) is 0.0971. The highest BCUT2D eigenvalue weighted by Crippen LogP contribution is 2.28. The Morgan fingerprint density at radius 1 is 0.408 bits per heavy atom. The number of hydrogen-bond donors (Lipinski definition) is 7. The zero-order valence-corrected chi connectivity index (χ0v) is 50.5. The molecule has 6 aliphatic heterocycles. The fourth-order valence-electron chi connectivity index (χ4n) is 11.6. The normalized spacial score (nSPS) is 27.2. The molecular formula is C62H133N7OS. The number of ether oxygens (including phenoxy) is 1. The molecule has 0 aromatic rings. The minimum absolute atomic E-state index is 0. The largest absolute Gasteiger partial charge is 0.376 e. The summed E-state index contributed by atoms with van der Waals surface area (Å²) >= 11 is 2.13. The van der Waals surface area contributed by atoms with Gasteiger partial charge in [0.25, 0.3) is 0 Å². The Labute approximate surface area is 451 Å². The van der Waals surface area contributed by atoms with Gasteiger partial charge < -0.3 is 42.4 Å². The zero-order chi connectivity index (χ0) is 51.9. The third kappa shape index (κ3) is 43.8. The van der Waals surface area contributed by atoms with Crippen molar-refractivity contribution in [3.63, 3.8) is 0 Å². The van der Waals surface area contributed by atoms with Crippen molar-refractivity contribution in [3.05, 3.63) is 0 Å². The van der Waals surface area contributed by atoms with Crippen molar-refractivity contribution in [2.24, 2.45) is 76.7 Å². The van der Waals surface area contributed by atoms with Crippen LogP contribution < -0.4 is 37.6 Å². The van der Waals surface area contributed by atoms with Crippen molar-refractivity contribution in [1.29, 1.82) is 0 Å². The first-order valence-electron chi connectivity index (χ1n) is 30.7. The molecule has 6 saturated heterocycles. The van der Waals surface area contributed by atoms with Gasteiger partial charge in [0.05, 0.1) is 12.7 Å². The molecule has 1 aliphatic carbocycles. The molecule has 7 aliphatic rings. The Kier molecular flexibility index (Phi) is 46.2. The van der Waals surface area contributed by atoms with Crippen LogP contribution in [0.15, 0.2) is 0 Å². The standard InChI is InChI=1S/C10H21N.3C9H19N.C8H17NO.C8H17NS.C8H17N.CH4/c1-8(2)7-9-3-5-10(11)6-4-9;1-8(2)7-9-3-5-10-6-4-9;1-8(2)9-4-3-6-10-7-5-9;1-8(2)6-9-4-3-5-10-7-9;2*1-7(2)5-8-6-9-3-4-10-8;1-7(2)5-8-3-4-9-6-8;/h8-10H,3-7,11H2,1-2H3;3*8-10H,3-7H2,1-2H3;2*7-9H,3-6H2,1-2H3;7-9H,3-6H2,1-2H3;1H4. The first-order valence-corrected chi connectivity index (χ1v) is 31.7. The minimum atomic E-state index is 0. The van der Waals surface area contributed by atoms with Crippen LogP contribution in [0.3, 0.4) is 0 Å². The average Bonchev–Trinajstić information content (AvgIpc) is 3.66. The number of hydrogen-bond acceptors (Lipinski definition) is 9. The first kappa shape index (κ1) is 71.0. The van der Waals surface area contributed by atoms with Gasteiger partial charge in [-0.3, -0.25) is 0 Å². The molecule has 5 unspecified atom stereocenters. The summed E-state index contributed by atoms with van der Waals surface area (Å²) in [5, 5.41) is 21.3. The predicted molar refractivity (Wildman–Crippen MR) is 322 cm³/mol. The molecule has 5 atom stereocenters. The molecule has 1 saturated carbocycles. The van der Waals surface area contributed by atoms with Gasteiger partial charge in [-0.25, -0.2) is 0 Å². The van der Waals surface area contributed by atoms with Crippen molar-refractivity contribution < 1.29 is 4.74 Å². The summed E-state index contributed by atoms with van der Waals surface area (Å²) in [5.74, 6) is 12.3. The zero-order valence-electron chi connectivity index (χ0n) is 49.7. The molecule has 9 heteroatoms. The van der Waals surface area contributed by atoms with Gasteiger partial charge in [0.1, 0.15) is 0 Å². The van der Waals surface area contributed by atoms with E-state index in [1.165, 1.54) is 187 Å². The SMILES string of the molecule is C.CC(C)C1CCCNCC1.CC(C)CC1CCC(N)CC1.CC(C)CC1CCCNC1.CC(C)CC1CCNC1.CC(C)CC1CCNCC1.CC(C)CC1CNCCO1.CC(C)CC1CNCCS1. The summed E-state index contributed by atoms with van der Waals surface area (Å²) < 4.78 is 5.53. The average molecular weight is 1020 g/mol. The maximum absolute atomic E-state index is 5.83. The van der Waals surface area contributed by atoms with Gasteiger partial charge in [-0.2, -0.15) is 11.8 Å². The lowest BCUT2D eigenvalue weighted by Crippen LogP contribution is -2.39. The van der Waals surface area contributed by atoms with Crippen LogP contribution in [0, 0.1) is 71.0 Å². The van der Waals surface area contributed by atoms with E-state index in [0.717, 1.165) is 96.0 Å². The van der Waals surface area contributed by atoms with Crippen molar-refractivity contribution in [2.75, 3.05) is 90.9 Å². The van der Waals surface area contributed by atoms with E-state index in [0.29, 0.717) is 12.1 Å². The number of piperidine rings is 2. The molecule has 428 valence electrons. The lowest BCUT2D eigenvalue weighted by atomic mass is 9.82. The second kappa shape index (κ2) is 46.2. The molecule has 8 nitrogen and oxygen atoms in total. The van der Waals surface area contributed by atoms with E-state index in [2.05, 4.69) is 141 Å². The van der Waals surface area contributed by atoms with E-state index in [1.54, 1.807) is 0 Å². The molecule has 7 fully saturated rings.